The second-order valence-electron chi connectivity index (χ2n) is 10.9. The van der Waals surface area contributed by atoms with Crippen molar-refractivity contribution in [1.82, 2.24) is 38.9 Å². The highest BCUT2D eigenvalue weighted by Crippen LogP contribution is 2.31. The molecule has 12 heteroatoms. The molecule has 1 aromatic carbocycles. The summed E-state index contributed by atoms with van der Waals surface area (Å²) in [6, 6.07) is 14.2. The minimum Gasteiger partial charge on any atom is -0.492 e. The number of likely N-dealkylation sites (N-methyl/N-ethyl adjacent to an activating group) is 1. The Morgan fingerprint density at radius 3 is 2.62 bits per heavy atom. The molecule has 2 saturated heterocycles. The average Bonchev–Trinajstić information content (AvgIpc) is 3.69. The predicted molar refractivity (Wildman–Crippen MR) is 156 cm³/mol. The van der Waals surface area contributed by atoms with E-state index in [1.807, 2.05) is 54.4 Å². The van der Waals surface area contributed by atoms with Gasteiger partial charge in [0, 0.05) is 70.4 Å². The number of carbonyl (C=O) groups is 1. The number of aromatic nitrogens is 6. The van der Waals surface area contributed by atoms with Crippen molar-refractivity contribution in [3.63, 3.8) is 0 Å². The molecule has 0 saturated carbocycles. The van der Waals surface area contributed by atoms with E-state index in [-0.39, 0.29) is 11.7 Å². The summed E-state index contributed by atoms with van der Waals surface area (Å²) in [7, 11) is 3.69. The normalized spacial score (nSPS) is 16.1. The molecule has 214 valence electrons. The van der Waals surface area contributed by atoms with E-state index in [2.05, 4.69) is 54.5 Å². The first kappa shape index (κ1) is 26.0. The van der Waals surface area contributed by atoms with Crippen LogP contribution in [-0.4, -0.2) is 90.5 Å². The lowest BCUT2D eigenvalue weighted by Gasteiger charge is -2.45. The summed E-state index contributed by atoms with van der Waals surface area (Å²) in [4.78, 5) is 29.0. The molecule has 4 aromatic heterocycles. The summed E-state index contributed by atoms with van der Waals surface area (Å²) in [6.07, 6.45) is 8.94. The largest absolute Gasteiger partial charge is 0.492 e. The second-order valence-corrected chi connectivity index (χ2v) is 10.9. The molecule has 1 amide bonds. The molecule has 0 unspecified atom stereocenters. The van der Waals surface area contributed by atoms with Crippen LogP contribution in [-0.2, 0) is 18.3 Å². The Morgan fingerprint density at radius 1 is 1.00 bits per heavy atom. The van der Waals surface area contributed by atoms with Crippen molar-refractivity contribution in [2.45, 2.75) is 12.1 Å². The van der Waals surface area contributed by atoms with Gasteiger partial charge in [0.2, 0.25) is 0 Å². The van der Waals surface area contributed by atoms with Gasteiger partial charge in [0.05, 0.1) is 30.3 Å². The first-order chi connectivity index (χ1) is 20.4. The summed E-state index contributed by atoms with van der Waals surface area (Å²) in [5.74, 6) is 1.49. The Bertz CT molecular complexity index is 1740. The van der Waals surface area contributed by atoms with Crippen LogP contribution in [0.3, 0.4) is 0 Å². The molecule has 0 radical (unpaired) electrons. The van der Waals surface area contributed by atoms with Crippen molar-refractivity contribution in [2.24, 2.45) is 7.05 Å². The summed E-state index contributed by atoms with van der Waals surface area (Å²) >= 11 is 0. The van der Waals surface area contributed by atoms with Crippen LogP contribution in [0, 0.1) is 0 Å². The molecule has 1 N–H and O–H groups in total. The number of imidazole rings is 1. The van der Waals surface area contributed by atoms with E-state index in [4.69, 9.17) is 9.47 Å². The lowest BCUT2D eigenvalue weighted by atomic mass is 9.94. The summed E-state index contributed by atoms with van der Waals surface area (Å²) < 4.78 is 15.3. The standard InChI is InChI=1S/C30H31N9O3/c1-36-17-30(42-29(36)40)18-38(19-30)9-10-41-24-7-8-39-26(15-32-28(39)11-24)25-12-27(34-20-33-25)31-13-21-3-5-22(6-4-21)23-14-35-37(2)16-23/h3-8,11-12,14-16,20H,9-10,13,17-19H2,1-2H3,(H,31,33,34). The van der Waals surface area contributed by atoms with E-state index in [0.29, 0.717) is 19.7 Å². The number of ether oxygens (including phenoxy) is 2. The molecule has 1 spiro atoms. The second kappa shape index (κ2) is 10.5. The van der Waals surface area contributed by atoms with Crippen molar-refractivity contribution in [3.8, 4) is 28.3 Å². The highest BCUT2D eigenvalue weighted by Gasteiger charge is 2.52. The lowest BCUT2D eigenvalue weighted by molar-refractivity contribution is -0.0762. The first-order valence-electron chi connectivity index (χ1n) is 13.8. The van der Waals surface area contributed by atoms with Gasteiger partial charge in [-0.3, -0.25) is 14.0 Å². The van der Waals surface area contributed by atoms with E-state index in [9.17, 15) is 4.79 Å². The molecule has 0 aliphatic carbocycles. The van der Waals surface area contributed by atoms with Crippen molar-refractivity contribution >= 4 is 17.6 Å². The number of hydrogen-bond acceptors (Lipinski definition) is 9. The molecule has 7 rings (SSSR count). The van der Waals surface area contributed by atoms with Crippen LogP contribution in [0.4, 0.5) is 10.6 Å². The van der Waals surface area contributed by atoms with Gasteiger partial charge >= 0.3 is 6.09 Å². The maximum absolute atomic E-state index is 11.7. The van der Waals surface area contributed by atoms with E-state index in [1.54, 1.807) is 23.0 Å². The van der Waals surface area contributed by atoms with Crippen molar-refractivity contribution < 1.29 is 14.3 Å². The fraction of sp³-hybridized carbons (Fsp3) is 0.300. The number of likely N-dealkylation sites (tertiary alicyclic amines) is 1. The van der Waals surface area contributed by atoms with E-state index in [1.165, 1.54) is 0 Å². The highest BCUT2D eigenvalue weighted by molar-refractivity contribution is 5.70. The van der Waals surface area contributed by atoms with Crippen LogP contribution in [0.5, 0.6) is 5.75 Å². The number of rotatable bonds is 9. The molecule has 2 aliphatic heterocycles. The summed E-state index contributed by atoms with van der Waals surface area (Å²) in [5.41, 5.74) is 5.43. The molecule has 12 nitrogen and oxygen atoms in total. The van der Waals surface area contributed by atoms with Crippen LogP contribution in [0.1, 0.15) is 5.56 Å². The van der Waals surface area contributed by atoms with Gasteiger partial charge in [0.1, 0.15) is 30.1 Å². The molecule has 0 atom stereocenters. The summed E-state index contributed by atoms with van der Waals surface area (Å²) in [5, 5.41) is 7.64. The zero-order valence-electron chi connectivity index (χ0n) is 23.5. The minimum absolute atomic E-state index is 0.240. The van der Waals surface area contributed by atoms with Crippen LogP contribution in [0.2, 0.25) is 0 Å². The van der Waals surface area contributed by atoms with Gasteiger partial charge < -0.3 is 19.7 Å². The number of nitrogens with zero attached hydrogens (tertiary/aromatic N) is 8. The van der Waals surface area contributed by atoms with Crippen LogP contribution < -0.4 is 10.1 Å². The number of anilines is 1. The molecule has 0 bridgehead atoms. The number of nitrogens with one attached hydrogen (secondary N) is 1. The molecule has 6 heterocycles. The third-order valence-electron chi connectivity index (χ3n) is 7.72. The number of hydrogen-bond donors (Lipinski definition) is 1. The Hall–Kier alpha value is -4.97. The topological polar surface area (TPSA) is 115 Å². The molecular formula is C30H31N9O3. The van der Waals surface area contributed by atoms with E-state index >= 15 is 0 Å². The van der Waals surface area contributed by atoms with Gasteiger partial charge in [0.15, 0.2) is 5.60 Å². The SMILES string of the molecule is CN1CC2(CN(CCOc3ccn4c(-c5cc(NCc6ccc(-c7cnn(C)c7)cc6)ncn5)cnc4c3)C2)OC1=O. The zero-order chi connectivity index (χ0) is 28.7. The van der Waals surface area contributed by atoms with Gasteiger partial charge in [-0.2, -0.15) is 5.10 Å². The Balaban J connectivity index is 0.947. The van der Waals surface area contributed by atoms with Gasteiger partial charge in [-0.1, -0.05) is 24.3 Å². The predicted octanol–water partition coefficient (Wildman–Crippen LogP) is 3.32. The smallest absolute Gasteiger partial charge is 0.410 e. The maximum atomic E-state index is 11.7. The average molecular weight is 566 g/mol. The molecular weight excluding hydrogens is 534 g/mol. The minimum atomic E-state index is -0.348. The highest BCUT2D eigenvalue weighted by atomic mass is 16.6. The van der Waals surface area contributed by atoms with Crippen molar-refractivity contribution in [3.05, 3.63) is 79.1 Å². The lowest BCUT2D eigenvalue weighted by Crippen LogP contribution is -2.64. The van der Waals surface area contributed by atoms with Gasteiger partial charge in [0.25, 0.3) is 0 Å². The Labute approximate surface area is 242 Å². The van der Waals surface area contributed by atoms with Crippen LogP contribution in [0.25, 0.3) is 28.2 Å². The quantitative estimate of drug-likeness (QED) is 0.287. The first-order valence-corrected chi connectivity index (χ1v) is 13.8. The molecule has 2 aliphatic rings. The summed E-state index contributed by atoms with van der Waals surface area (Å²) in [6.45, 7) is 4.06. The third kappa shape index (κ3) is 5.12. The van der Waals surface area contributed by atoms with Crippen molar-refractivity contribution in [1.29, 1.82) is 0 Å². The van der Waals surface area contributed by atoms with Gasteiger partial charge in [-0.25, -0.2) is 19.7 Å². The fourth-order valence-electron chi connectivity index (χ4n) is 5.59. The fourth-order valence-corrected chi connectivity index (χ4v) is 5.59. The van der Waals surface area contributed by atoms with E-state index < -0.39 is 0 Å². The van der Waals surface area contributed by atoms with Gasteiger partial charge in [-0.05, 0) is 17.2 Å². The number of benzene rings is 1. The van der Waals surface area contributed by atoms with Crippen LogP contribution >= 0.6 is 0 Å². The molecule has 42 heavy (non-hydrogen) atoms. The zero-order valence-corrected chi connectivity index (χ0v) is 23.5. The van der Waals surface area contributed by atoms with Gasteiger partial charge in [-0.15, -0.1) is 0 Å². The van der Waals surface area contributed by atoms with E-state index in [0.717, 1.165) is 64.9 Å². The number of pyridine rings is 1. The Morgan fingerprint density at radius 2 is 1.86 bits per heavy atom. The number of amides is 1. The van der Waals surface area contributed by atoms with Crippen molar-refractivity contribution in [2.75, 3.05) is 45.2 Å². The number of carbonyl (C=O) groups excluding carboxylic acids is 1. The third-order valence-corrected chi connectivity index (χ3v) is 7.72. The molecule has 5 aromatic rings. The van der Waals surface area contributed by atoms with Crippen LogP contribution in [0.15, 0.2) is 73.6 Å². The Kier molecular flexibility index (Phi) is 6.46. The number of fused-ring (bicyclic) bond motifs is 1. The maximum Gasteiger partial charge on any atom is 0.410 e. The monoisotopic (exact) mass is 565 g/mol. The number of aryl methyl sites for hydroxylation is 1. The molecule has 2 fully saturated rings.